The highest BCUT2D eigenvalue weighted by molar-refractivity contribution is 7.85. The van der Waals surface area contributed by atoms with Gasteiger partial charge in [0.25, 0.3) is 10.1 Å². The Bertz CT molecular complexity index is 551. The van der Waals surface area contributed by atoms with Gasteiger partial charge in [-0.15, -0.1) is 0 Å². The number of fused-ring (bicyclic) bond motifs is 2. The standard InChI is InChI=1S/C10H16O4S.C6H13NO/c1-9(2)7-3-4-10(9,8(11)5-7)6-15(12,13)14;1-5-3-7-4-6(2)8-5/h7H,3-6H2,1-2H3,(H,12,13,14);5-7H,3-4H2,1-2H3/t7-,10-;5-,6-/m00/s1. The maximum atomic E-state index is 11.9. The predicted octanol–water partition coefficient (Wildman–Crippen LogP) is 1.65. The zero-order valence-corrected chi connectivity index (χ0v) is 15.3. The number of nitrogens with one attached hydrogen (secondary N) is 1. The highest BCUT2D eigenvalue weighted by Crippen LogP contribution is 2.64. The minimum Gasteiger partial charge on any atom is -0.373 e. The second-order valence-corrected chi connectivity index (χ2v) is 9.26. The van der Waals surface area contributed by atoms with Crippen LogP contribution in [0.1, 0.15) is 47.0 Å². The van der Waals surface area contributed by atoms with E-state index in [2.05, 4.69) is 19.2 Å². The lowest BCUT2D eigenvalue weighted by Gasteiger charge is -2.35. The van der Waals surface area contributed by atoms with E-state index < -0.39 is 21.3 Å². The molecule has 6 nitrogen and oxygen atoms in total. The second kappa shape index (κ2) is 6.43. The van der Waals surface area contributed by atoms with Crippen LogP contribution in [0, 0.1) is 16.7 Å². The molecule has 4 atom stereocenters. The predicted molar refractivity (Wildman–Crippen MR) is 87.9 cm³/mol. The Morgan fingerprint density at radius 2 is 1.83 bits per heavy atom. The van der Waals surface area contributed by atoms with Crippen molar-refractivity contribution in [1.29, 1.82) is 0 Å². The van der Waals surface area contributed by atoms with Crippen molar-refractivity contribution in [3.8, 4) is 0 Å². The van der Waals surface area contributed by atoms with Crippen molar-refractivity contribution in [1.82, 2.24) is 5.32 Å². The summed E-state index contributed by atoms with van der Waals surface area (Å²) in [5, 5.41) is 3.26. The third kappa shape index (κ3) is 3.78. The fraction of sp³-hybridized carbons (Fsp3) is 0.938. The second-order valence-electron chi connectivity index (χ2n) is 7.81. The summed E-state index contributed by atoms with van der Waals surface area (Å²) in [5.74, 6) is -0.101. The van der Waals surface area contributed by atoms with Crippen molar-refractivity contribution in [2.75, 3.05) is 18.8 Å². The maximum absolute atomic E-state index is 11.9. The average molecular weight is 347 g/mol. The molecule has 0 spiro atoms. The Morgan fingerprint density at radius 1 is 1.26 bits per heavy atom. The van der Waals surface area contributed by atoms with Gasteiger partial charge in [-0.3, -0.25) is 9.35 Å². The molecule has 2 aliphatic carbocycles. The van der Waals surface area contributed by atoms with Crippen molar-refractivity contribution < 1.29 is 22.5 Å². The Hall–Kier alpha value is -0.500. The van der Waals surface area contributed by atoms with Crippen LogP contribution in [0.25, 0.3) is 0 Å². The number of Topliss-reactive ketones (excluding diaryl/α,β-unsaturated/α-hetero) is 1. The van der Waals surface area contributed by atoms with E-state index in [9.17, 15) is 13.2 Å². The van der Waals surface area contributed by atoms with E-state index >= 15 is 0 Å². The monoisotopic (exact) mass is 347 g/mol. The molecule has 7 heteroatoms. The molecular weight excluding hydrogens is 318 g/mol. The number of hydrogen-bond donors (Lipinski definition) is 2. The molecule has 0 aromatic heterocycles. The molecule has 3 rings (SSSR count). The first kappa shape index (κ1) is 18.8. The van der Waals surface area contributed by atoms with Gasteiger partial charge in [0.1, 0.15) is 5.78 Å². The van der Waals surface area contributed by atoms with Gasteiger partial charge in [-0.25, -0.2) is 0 Å². The molecule has 2 N–H and O–H groups in total. The van der Waals surface area contributed by atoms with Gasteiger partial charge in [0, 0.05) is 19.5 Å². The molecule has 0 aromatic rings. The zero-order valence-electron chi connectivity index (χ0n) is 14.5. The number of ketones is 1. The van der Waals surface area contributed by atoms with Crippen molar-refractivity contribution >= 4 is 15.9 Å². The summed E-state index contributed by atoms with van der Waals surface area (Å²) in [6.07, 6.45) is 2.78. The van der Waals surface area contributed by atoms with E-state index in [1.165, 1.54) is 0 Å². The quantitative estimate of drug-likeness (QED) is 0.738. The largest absolute Gasteiger partial charge is 0.373 e. The van der Waals surface area contributed by atoms with Gasteiger partial charge in [-0.05, 0) is 38.0 Å². The topological polar surface area (TPSA) is 92.7 Å². The van der Waals surface area contributed by atoms with Gasteiger partial charge in [0.15, 0.2) is 0 Å². The molecule has 1 heterocycles. The van der Waals surface area contributed by atoms with Crippen molar-refractivity contribution in [2.24, 2.45) is 16.7 Å². The van der Waals surface area contributed by atoms with Gasteiger partial charge in [-0.2, -0.15) is 8.42 Å². The molecule has 23 heavy (non-hydrogen) atoms. The molecule has 134 valence electrons. The molecule has 2 bridgehead atoms. The number of carbonyl (C=O) groups excluding carboxylic acids is 1. The number of hydrogen-bond acceptors (Lipinski definition) is 5. The van der Waals surface area contributed by atoms with Crippen LogP contribution in [0.5, 0.6) is 0 Å². The molecule has 3 aliphatic rings. The Kier molecular flexibility index (Phi) is 5.26. The van der Waals surface area contributed by atoms with E-state index in [0.717, 1.165) is 19.5 Å². The normalized spacial score (nSPS) is 39.0. The minimum atomic E-state index is -4.08. The summed E-state index contributed by atoms with van der Waals surface area (Å²) in [4.78, 5) is 11.9. The van der Waals surface area contributed by atoms with Crippen LogP contribution in [-0.2, 0) is 19.6 Å². The molecule has 1 saturated heterocycles. The minimum absolute atomic E-state index is 0.0152. The van der Waals surface area contributed by atoms with Crippen molar-refractivity contribution in [3.63, 3.8) is 0 Å². The van der Waals surface area contributed by atoms with E-state index in [-0.39, 0.29) is 17.1 Å². The summed E-state index contributed by atoms with van der Waals surface area (Å²) < 4.78 is 36.4. The lowest BCUT2D eigenvalue weighted by Crippen LogP contribution is -2.42. The Morgan fingerprint density at radius 3 is 2.13 bits per heavy atom. The highest BCUT2D eigenvalue weighted by Gasteiger charge is 2.65. The van der Waals surface area contributed by atoms with Gasteiger partial charge < -0.3 is 10.1 Å². The summed E-state index contributed by atoms with van der Waals surface area (Å²) >= 11 is 0. The van der Waals surface area contributed by atoms with Crippen LogP contribution < -0.4 is 5.32 Å². The Labute approximate surface area is 139 Å². The number of rotatable bonds is 2. The third-order valence-corrected chi connectivity index (χ3v) is 6.75. The summed E-state index contributed by atoms with van der Waals surface area (Å²) in [6.45, 7) is 10.1. The van der Waals surface area contributed by atoms with Crippen molar-refractivity contribution in [2.45, 2.75) is 59.2 Å². The summed E-state index contributed by atoms with van der Waals surface area (Å²) in [7, 11) is -4.08. The summed E-state index contributed by atoms with van der Waals surface area (Å²) in [5.41, 5.74) is -1.12. The summed E-state index contributed by atoms with van der Waals surface area (Å²) in [6, 6.07) is 0. The Balaban J connectivity index is 0.000000203. The molecule has 0 unspecified atom stereocenters. The van der Waals surface area contributed by atoms with Crippen molar-refractivity contribution in [3.05, 3.63) is 0 Å². The van der Waals surface area contributed by atoms with Crippen LogP contribution in [-0.4, -0.2) is 49.8 Å². The molecule has 3 fully saturated rings. The van der Waals surface area contributed by atoms with Crippen LogP contribution in [0.3, 0.4) is 0 Å². The average Bonchev–Trinajstić information content (AvgIpc) is 2.71. The number of morpholine rings is 1. The van der Waals surface area contributed by atoms with E-state index in [1.54, 1.807) is 0 Å². The molecule has 0 amide bonds. The van der Waals surface area contributed by atoms with Crippen LogP contribution in [0.15, 0.2) is 0 Å². The molecule has 0 radical (unpaired) electrons. The van der Waals surface area contributed by atoms with Gasteiger partial charge >= 0.3 is 0 Å². The third-order valence-electron chi connectivity index (χ3n) is 5.90. The van der Waals surface area contributed by atoms with Crippen LogP contribution in [0.4, 0.5) is 0 Å². The molecule has 0 aromatic carbocycles. The first-order valence-corrected chi connectivity index (χ1v) is 9.93. The first-order chi connectivity index (χ1) is 10.5. The molecule has 1 aliphatic heterocycles. The smallest absolute Gasteiger partial charge is 0.265 e. The van der Waals surface area contributed by atoms with E-state index in [0.29, 0.717) is 25.0 Å². The maximum Gasteiger partial charge on any atom is 0.265 e. The van der Waals surface area contributed by atoms with Gasteiger partial charge in [0.2, 0.25) is 0 Å². The highest BCUT2D eigenvalue weighted by atomic mass is 32.2. The molecular formula is C16H29NO5S. The first-order valence-electron chi connectivity index (χ1n) is 8.32. The molecule has 2 saturated carbocycles. The lowest BCUT2D eigenvalue weighted by molar-refractivity contribution is -0.128. The number of ether oxygens (including phenoxy) is 1. The van der Waals surface area contributed by atoms with Crippen LogP contribution in [0.2, 0.25) is 0 Å². The van der Waals surface area contributed by atoms with Crippen LogP contribution >= 0.6 is 0 Å². The zero-order chi connectivity index (χ0) is 17.5. The number of carbonyl (C=O) groups is 1. The van der Waals surface area contributed by atoms with E-state index in [1.807, 2.05) is 13.8 Å². The van der Waals surface area contributed by atoms with Gasteiger partial charge in [-0.1, -0.05) is 13.8 Å². The van der Waals surface area contributed by atoms with E-state index in [4.69, 9.17) is 9.29 Å². The van der Waals surface area contributed by atoms with Gasteiger partial charge in [0.05, 0.1) is 23.4 Å². The lowest BCUT2D eigenvalue weighted by atomic mass is 9.70. The SMILES string of the molecule is CC1(C)[C@H]2CC[C@]1(CS(=O)(=O)O)C(=O)C2.C[C@H]1CNC[C@H](C)O1. The fourth-order valence-electron chi connectivity index (χ4n) is 4.40. The fourth-order valence-corrected chi connectivity index (χ4v) is 5.70.